The van der Waals surface area contributed by atoms with Crippen LogP contribution in [0.2, 0.25) is 0 Å². The summed E-state index contributed by atoms with van der Waals surface area (Å²) in [6.45, 7) is 1.90. The lowest BCUT2D eigenvalue weighted by molar-refractivity contribution is 0.600. The number of rotatable bonds is 5. The van der Waals surface area contributed by atoms with Crippen LogP contribution in [0.4, 0.5) is 5.82 Å². The zero-order valence-corrected chi connectivity index (χ0v) is 14.1. The molecule has 1 N–H and O–H groups in total. The van der Waals surface area contributed by atoms with Gasteiger partial charge >= 0.3 is 0 Å². The quantitative estimate of drug-likeness (QED) is 0.765. The van der Waals surface area contributed by atoms with Crippen LogP contribution in [0.1, 0.15) is 11.1 Å². The van der Waals surface area contributed by atoms with Crippen molar-refractivity contribution < 1.29 is 8.42 Å². The summed E-state index contributed by atoms with van der Waals surface area (Å²) in [6.07, 6.45) is 1.67. The van der Waals surface area contributed by atoms with Gasteiger partial charge in [0, 0.05) is 11.8 Å². The first-order chi connectivity index (χ1) is 11.5. The topological polar surface area (TPSA) is 59.1 Å². The van der Waals surface area contributed by atoms with Gasteiger partial charge in [-0.25, -0.2) is 13.4 Å². The molecule has 0 radical (unpaired) electrons. The predicted molar refractivity (Wildman–Crippen MR) is 97.1 cm³/mol. The molecule has 3 aromatic rings. The molecule has 0 aliphatic heterocycles. The Bertz CT molecular complexity index is 921. The standard InChI is InChI=1S/C19H18N2O2S/c1-15-7-5-6-10-18(15)14-24(22,23)21-19-12-11-17(13-20-19)16-8-3-2-4-9-16/h2-13H,14H2,1H3,(H,20,21). The molecule has 24 heavy (non-hydrogen) atoms. The number of benzene rings is 2. The van der Waals surface area contributed by atoms with E-state index in [-0.39, 0.29) is 5.75 Å². The highest BCUT2D eigenvalue weighted by molar-refractivity contribution is 7.91. The van der Waals surface area contributed by atoms with Gasteiger partial charge < -0.3 is 0 Å². The molecule has 0 aliphatic carbocycles. The number of aryl methyl sites for hydroxylation is 1. The molecular weight excluding hydrogens is 320 g/mol. The van der Waals surface area contributed by atoms with E-state index in [1.807, 2.05) is 67.6 Å². The zero-order chi connectivity index (χ0) is 17.0. The summed E-state index contributed by atoms with van der Waals surface area (Å²) in [5.74, 6) is 0.255. The minimum atomic E-state index is -3.50. The molecule has 2 aromatic carbocycles. The Labute approximate surface area is 142 Å². The summed E-state index contributed by atoms with van der Waals surface area (Å²) < 4.78 is 27.2. The van der Waals surface area contributed by atoms with Crippen LogP contribution in [0.3, 0.4) is 0 Å². The van der Waals surface area contributed by atoms with Gasteiger partial charge in [0.15, 0.2) is 0 Å². The van der Waals surface area contributed by atoms with Gasteiger partial charge in [0.1, 0.15) is 5.82 Å². The normalized spacial score (nSPS) is 11.2. The lowest BCUT2D eigenvalue weighted by Gasteiger charge is -2.10. The van der Waals surface area contributed by atoms with Crippen LogP contribution in [0, 0.1) is 6.92 Å². The van der Waals surface area contributed by atoms with Crippen molar-refractivity contribution in [3.8, 4) is 11.1 Å². The molecular formula is C19H18N2O2S. The predicted octanol–water partition coefficient (Wildman–Crippen LogP) is 4.00. The molecule has 5 heteroatoms. The maximum Gasteiger partial charge on any atom is 0.238 e. The number of nitrogens with one attached hydrogen (secondary N) is 1. The Hall–Kier alpha value is -2.66. The van der Waals surface area contributed by atoms with Crippen LogP contribution in [-0.4, -0.2) is 13.4 Å². The smallest absolute Gasteiger partial charge is 0.238 e. The van der Waals surface area contributed by atoms with E-state index in [0.717, 1.165) is 22.3 Å². The second kappa shape index (κ2) is 6.84. The number of hydrogen-bond acceptors (Lipinski definition) is 3. The minimum absolute atomic E-state index is 0.0677. The van der Waals surface area contributed by atoms with Crippen molar-refractivity contribution in [3.63, 3.8) is 0 Å². The maximum atomic E-state index is 12.3. The Kier molecular flexibility index (Phi) is 4.62. The number of sulfonamides is 1. The third-order valence-corrected chi connectivity index (χ3v) is 4.95. The van der Waals surface area contributed by atoms with E-state index in [1.54, 1.807) is 12.3 Å². The molecule has 0 unspecified atom stereocenters. The molecule has 1 heterocycles. The molecule has 4 nitrogen and oxygen atoms in total. The van der Waals surface area contributed by atoms with Crippen LogP contribution < -0.4 is 4.72 Å². The summed E-state index contributed by atoms with van der Waals surface area (Å²) in [4.78, 5) is 4.21. The van der Waals surface area contributed by atoms with E-state index >= 15 is 0 Å². The fraction of sp³-hybridized carbons (Fsp3) is 0.105. The number of nitrogens with zero attached hydrogens (tertiary/aromatic N) is 1. The van der Waals surface area contributed by atoms with E-state index in [2.05, 4.69) is 9.71 Å². The summed E-state index contributed by atoms with van der Waals surface area (Å²) in [7, 11) is -3.50. The van der Waals surface area contributed by atoms with Gasteiger partial charge in [-0.15, -0.1) is 0 Å². The lowest BCUT2D eigenvalue weighted by atomic mass is 10.1. The largest absolute Gasteiger partial charge is 0.267 e. The maximum absolute atomic E-state index is 12.3. The van der Waals surface area contributed by atoms with Gasteiger partial charge in [0.05, 0.1) is 5.75 Å². The highest BCUT2D eigenvalue weighted by Crippen LogP contribution is 2.20. The first kappa shape index (κ1) is 16.2. The third kappa shape index (κ3) is 4.00. The molecule has 0 fully saturated rings. The summed E-state index contributed by atoms with van der Waals surface area (Å²) in [5, 5.41) is 0. The Morgan fingerprint density at radius 2 is 1.58 bits per heavy atom. The van der Waals surface area contributed by atoms with Gasteiger partial charge in [-0.05, 0) is 35.7 Å². The SMILES string of the molecule is Cc1ccccc1CS(=O)(=O)Nc1ccc(-c2ccccc2)cn1. The van der Waals surface area contributed by atoms with E-state index in [0.29, 0.717) is 5.82 Å². The number of anilines is 1. The van der Waals surface area contributed by atoms with Gasteiger partial charge in [0.25, 0.3) is 0 Å². The molecule has 0 spiro atoms. The second-order valence-electron chi connectivity index (χ2n) is 5.59. The summed E-state index contributed by atoms with van der Waals surface area (Å²) in [6, 6.07) is 20.8. The van der Waals surface area contributed by atoms with Crippen LogP contribution in [0.25, 0.3) is 11.1 Å². The molecule has 0 bridgehead atoms. The fourth-order valence-electron chi connectivity index (χ4n) is 2.43. The molecule has 122 valence electrons. The van der Waals surface area contributed by atoms with E-state index < -0.39 is 10.0 Å². The Morgan fingerprint density at radius 3 is 2.25 bits per heavy atom. The molecule has 0 saturated heterocycles. The molecule has 0 aliphatic rings. The van der Waals surface area contributed by atoms with Gasteiger partial charge in [-0.1, -0.05) is 54.6 Å². The van der Waals surface area contributed by atoms with Crippen molar-refractivity contribution in [1.82, 2.24) is 4.98 Å². The summed E-state index contributed by atoms with van der Waals surface area (Å²) in [5.41, 5.74) is 3.72. The first-order valence-corrected chi connectivity index (χ1v) is 9.25. The molecule has 0 saturated carbocycles. The highest BCUT2D eigenvalue weighted by Gasteiger charge is 2.13. The highest BCUT2D eigenvalue weighted by atomic mass is 32.2. The Morgan fingerprint density at radius 1 is 0.875 bits per heavy atom. The van der Waals surface area contributed by atoms with Crippen LogP contribution in [0.5, 0.6) is 0 Å². The van der Waals surface area contributed by atoms with Crippen molar-refractivity contribution >= 4 is 15.8 Å². The second-order valence-corrected chi connectivity index (χ2v) is 7.31. The Balaban J connectivity index is 1.75. The molecule has 1 aromatic heterocycles. The van der Waals surface area contributed by atoms with Gasteiger partial charge in [-0.3, -0.25) is 4.72 Å². The van der Waals surface area contributed by atoms with Crippen molar-refractivity contribution in [2.45, 2.75) is 12.7 Å². The average molecular weight is 338 g/mol. The van der Waals surface area contributed by atoms with Crippen molar-refractivity contribution in [2.24, 2.45) is 0 Å². The first-order valence-electron chi connectivity index (χ1n) is 7.60. The monoisotopic (exact) mass is 338 g/mol. The number of aromatic nitrogens is 1. The van der Waals surface area contributed by atoms with E-state index in [1.165, 1.54) is 0 Å². The minimum Gasteiger partial charge on any atom is -0.267 e. The number of hydrogen-bond donors (Lipinski definition) is 1. The zero-order valence-electron chi connectivity index (χ0n) is 13.3. The van der Waals surface area contributed by atoms with Crippen LogP contribution in [0.15, 0.2) is 72.9 Å². The third-order valence-electron chi connectivity index (χ3n) is 3.74. The van der Waals surface area contributed by atoms with E-state index in [4.69, 9.17) is 0 Å². The summed E-state index contributed by atoms with van der Waals surface area (Å²) >= 11 is 0. The molecule has 3 rings (SSSR count). The molecule has 0 atom stereocenters. The van der Waals surface area contributed by atoms with Crippen molar-refractivity contribution in [2.75, 3.05) is 4.72 Å². The number of pyridine rings is 1. The van der Waals surface area contributed by atoms with Gasteiger partial charge in [-0.2, -0.15) is 0 Å². The van der Waals surface area contributed by atoms with E-state index in [9.17, 15) is 8.42 Å². The van der Waals surface area contributed by atoms with Crippen molar-refractivity contribution in [1.29, 1.82) is 0 Å². The fourth-order valence-corrected chi connectivity index (χ4v) is 3.67. The van der Waals surface area contributed by atoms with Crippen LogP contribution >= 0.6 is 0 Å². The average Bonchev–Trinajstić information content (AvgIpc) is 2.58. The van der Waals surface area contributed by atoms with Crippen LogP contribution in [-0.2, 0) is 15.8 Å². The molecule has 0 amide bonds. The lowest BCUT2D eigenvalue weighted by Crippen LogP contribution is -2.16. The van der Waals surface area contributed by atoms with Crippen molar-refractivity contribution in [3.05, 3.63) is 84.1 Å². The van der Waals surface area contributed by atoms with Gasteiger partial charge in [0.2, 0.25) is 10.0 Å².